The maximum absolute atomic E-state index is 11.8. The first kappa shape index (κ1) is 13.0. The maximum Gasteiger partial charge on any atom is 0.433 e. The van der Waals surface area contributed by atoms with Gasteiger partial charge in [0, 0.05) is 13.0 Å². The minimum atomic E-state index is -1.52. The van der Waals surface area contributed by atoms with Crippen LogP contribution in [0, 0.1) is 10.1 Å². The van der Waals surface area contributed by atoms with Crippen LogP contribution < -0.4 is 5.32 Å². The number of furan rings is 1. The summed E-state index contributed by atoms with van der Waals surface area (Å²) in [5.41, 5.74) is -1.52. The van der Waals surface area contributed by atoms with Crippen molar-refractivity contribution >= 4 is 17.8 Å². The lowest BCUT2D eigenvalue weighted by molar-refractivity contribution is -0.402. The molecule has 9 heteroatoms. The van der Waals surface area contributed by atoms with Crippen molar-refractivity contribution in [1.82, 2.24) is 5.32 Å². The maximum atomic E-state index is 11.8. The molecule has 9 nitrogen and oxygen atoms in total. The molecule has 0 bridgehead atoms. The van der Waals surface area contributed by atoms with Crippen molar-refractivity contribution in [1.29, 1.82) is 0 Å². The van der Waals surface area contributed by atoms with Gasteiger partial charge in [-0.3, -0.25) is 14.9 Å². The van der Waals surface area contributed by atoms with Gasteiger partial charge in [-0.25, -0.2) is 4.79 Å². The normalized spacial score (nSPS) is 22.1. The van der Waals surface area contributed by atoms with E-state index in [1.165, 1.54) is 0 Å². The lowest BCUT2D eigenvalue weighted by Crippen LogP contribution is -2.55. The molecule has 0 aliphatic carbocycles. The second-order valence-electron chi connectivity index (χ2n) is 4.04. The third-order valence-electron chi connectivity index (χ3n) is 2.78. The SMILES string of the molecule is O=C(NC1(C(=O)O)CCOC1)c1ccc([N+](=O)[O-])o1. The molecule has 2 rings (SSSR count). The highest BCUT2D eigenvalue weighted by Crippen LogP contribution is 2.21. The molecule has 0 aromatic carbocycles. The molecule has 1 aliphatic heterocycles. The molecule has 0 radical (unpaired) electrons. The van der Waals surface area contributed by atoms with Crippen LogP contribution >= 0.6 is 0 Å². The molecule has 1 aliphatic rings. The molecular formula is C10H10N2O7. The lowest BCUT2D eigenvalue weighted by atomic mass is 9.99. The number of amides is 1. The molecule has 1 unspecified atom stereocenters. The Morgan fingerprint density at radius 3 is 2.68 bits per heavy atom. The van der Waals surface area contributed by atoms with Crippen LogP contribution in [-0.4, -0.2) is 40.7 Å². The third kappa shape index (κ3) is 2.40. The van der Waals surface area contributed by atoms with Gasteiger partial charge in [0.25, 0.3) is 5.91 Å². The quantitative estimate of drug-likeness (QED) is 0.588. The molecular weight excluding hydrogens is 260 g/mol. The molecule has 2 N–H and O–H groups in total. The number of carbonyl (C=O) groups is 2. The fourth-order valence-electron chi connectivity index (χ4n) is 1.71. The van der Waals surface area contributed by atoms with Gasteiger partial charge in [-0.1, -0.05) is 0 Å². The highest BCUT2D eigenvalue weighted by atomic mass is 16.6. The second kappa shape index (κ2) is 4.69. The Hall–Kier alpha value is -2.42. The van der Waals surface area contributed by atoms with Crippen molar-refractivity contribution in [2.24, 2.45) is 0 Å². The van der Waals surface area contributed by atoms with Crippen LogP contribution in [0.2, 0.25) is 0 Å². The zero-order valence-corrected chi connectivity index (χ0v) is 9.62. The predicted molar refractivity (Wildman–Crippen MR) is 58.6 cm³/mol. The van der Waals surface area contributed by atoms with E-state index in [1.807, 2.05) is 0 Å². The van der Waals surface area contributed by atoms with Crippen molar-refractivity contribution in [3.05, 3.63) is 28.0 Å². The number of carbonyl (C=O) groups excluding carboxylic acids is 1. The van der Waals surface area contributed by atoms with Crippen LogP contribution in [0.15, 0.2) is 16.5 Å². The molecule has 1 atom stereocenters. The highest BCUT2D eigenvalue weighted by Gasteiger charge is 2.44. The van der Waals surface area contributed by atoms with E-state index >= 15 is 0 Å². The molecule has 1 saturated heterocycles. The number of carboxylic acid groups (broad SMARTS) is 1. The molecule has 19 heavy (non-hydrogen) atoms. The number of nitrogens with zero attached hydrogens (tertiary/aromatic N) is 1. The minimum Gasteiger partial charge on any atom is -0.479 e. The Morgan fingerprint density at radius 2 is 2.21 bits per heavy atom. The summed E-state index contributed by atoms with van der Waals surface area (Å²) in [6.45, 7) is 0.0573. The smallest absolute Gasteiger partial charge is 0.433 e. The van der Waals surface area contributed by atoms with Crippen LogP contribution in [-0.2, 0) is 9.53 Å². The number of hydrogen-bond donors (Lipinski definition) is 2. The number of ether oxygens (including phenoxy) is 1. The van der Waals surface area contributed by atoms with Crippen LogP contribution in [0.5, 0.6) is 0 Å². The standard InChI is InChI=1S/C10H10N2O7/c13-8(6-1-2-7(19-6)12(16)17)11-10(9(14)15)3-4-18-5-10/h1-2H,3-5H2,(H,11,13)(H,14,15). The lowest BCUT2D eigenvalue weighted by Gasteiger charge is -2.22. The van der Waals surface area contributed by atoms with Crippen molar-refractivity contribution < 1.29 is 28.8 Å². The molecule has 1 fully saturated rings. The monoisotopic (exact) mass is 270 g/mol. The van der Waals surface area contributed by atoms with E-state index in [1.54, 1.807) is 0 Å². The second-order valence-corrected chi connectivity index (χ2v) is 4.04. The zero-order chi connectivity index (χ0) is 14.0. The summed E-state index contributed by atoms with van der Waals surface area (Å²) in [6.07, 6.45) is 0.122. The Balaban J connectivity index is 2.15. The van der Waals surface area contributed by atoms with Crippen LogP contribution in [0.3, 0.4) is 0 Å². The van der Waals surface area contributed by atoms with E-state index < -0.39 is 28.2 Å². The Bertz CT molecular complexity index is 530. The van der Waals surface area contributed by atoms with Gasteiger partial charge < -0.3 is 19.6 Å². The zero-order valence-electron chi connectivity index (χ0n) is 9.62. The van der Waals surface area contributed by atoms with Gasteiger partial charge >= 0.3 is 11.9 Å². The number of carboxylic acids is 1. The molecule has 1 amide bonds. The average molecular weight is 270 g/mol. The summed E-state index contributed by atoms with van der Waals surface area (Å²) in [6, 6.07) is 2.13. The van der Waals surface area contributed by atoms with Gasteiger partial charge in [0.15, 0.2) is 11.3 Å². The molecule has 102 valence electrons. The van der Waals surface area contributed by atoms with Crippen LogP contribution in [0.1, 0.15) is 17.0 Å². The van der Waals surface area contributed by atoms with Gasteiger partial charge in [0.05, 0.1) is 12.7 Å². The summed E-state index contributed by atoms with van der Waals surface area (Å²) in [4.78, 5) is 32.6. The van der Waals surface area contributed by atoms with E-state index in [0.717, 1.165) is 12.1 Å². The topological polar surface area (TPSA) is 132 Å². The number of aliphatic carboxylic acids is 1. The summed E-state index contributed by atoms with van der Waals surface area (Å²) in [7, 11) is 0. The van der Waals surface area contributed by atoms with Crippen LogP contribution in [0.4, 0.5) is 5.88 Å². The van der Waals surface area contributed by atoms with Gasteiger partial charge in [-0.15, -0.1) is 0 Å². The van der Waals surface area contributed by atoms with Crippen molar-refractivity contribution in [3.63, 3.8) is 0 Å². The molecule has 1 aromatic heterocycles. The van der Waals surface area contributed by atoms with Crippen molar-refractivity contribution in [3.8, 4) is 0 Å². The van der Waals surface area contributed by atoms with Gasteiger partial charge in [0.2, 0.25) is 0 Å². The Labute approximate surface area is 106 Å². The molecule has 2 heterocycles. The summed E-state index contributed by atoms with van der Waals surface area (Å²) in [5.74, 6) is -2.96. The summed E-state index contributed by atoms with van der Waals surface area (Å²) < 4.78 is 9.66. The van der Waals surface area contributed by atoms with E-state index in [-0.39, 0.29) is 25.4 Å². The Morgan fingerprint density at radius 1 is 1.47 bits per heavy atom. The van der Waals surface area contributed by atoms with E-state index in [0.29, 0.717) is 0 Å². The van der Waals surface area contributed by atoms with Crippen molar-refractivity contribution in [2.75, 3.05) is 13.2 Å². The van der Waals surface area contributed by atoms with E-state index in [9.17, 15) is 19.7 Å². The summed E-state index contributed by atoms with van der Waals surface area (Å²) >= 11 is 0. The van der Waals surface area contributed by atoms with Gasteiger partial charge in [-0.05, 0) is 6.07 Å². The first-order valence-electron chi connectivity index (χ1n) is 5.32. The molecule has 1 aromatic rings. The third-order valence-corrected chi connectivity index (χ3v) is 2.78. The van der Waals surface area contributed by atoms with Gasteiger partial charge in [0.1, 0.15) is 4.92 Å². The average Bonchev–Trinajstić information content (AvgIpc) is 2.97. The number of nitro groups is 1. The molecule has 0 spiro atoms. The highest BCUT2D eigenvalue weighted by molar-refractivity contribution is 5.96. The first-order chi connectivity index (χ1) is 8.94. The van der Waals surface area contributed by atoms with Gasteiger partial charge in [-0.2, -0.15) is 0 Å². The van der Waals surface area contributed by atoms with Crippen molar-refractivity contribution in [2.45, 2.75) is 12.0 Å². The Kier molecular flexibility index (Phi) is 3.21. The van der Waals surface area contributed by atoms with Crippen LogP contribution in [0.25, 0.3) is 0 Å². The number of rotatable bonds is 4. The summed E-state index contributed by atoms with van der Waals surface area (Å²) in [5, 5.41) is 21.8. The number of hydrogen-bond acceptors (Lipinski definition) is 6. The fourth-order valence-corrected chi connectivity index (χ4v) is 1.71. The largest absolute Gasteiger partial charge is 0.479 e. The molecule has 0 saturated carbocycles. The predicted octanol–water partition coefficient (Wildman–Crippen LogP) is 0.161. The number of nitrogens with one attached hydrogen (secondary N) is 1. The first-order valence-corrected chi connectivity index (χ1v) is 5.32. The minimum absolute atomic E-state index is 0.122. The van der Waals surface area contributed by atoms with E-state index in [4.69, 9.17) is 14.3 Å². The van der Waals surface area contributed by atoms with E-state index in [2.05, 4.69) is 5.32 Å². The fraction of sp³-hybridized carbons (Fsp3) is 0.400.